The van der Waals surface area contributed by atoms with Gasteiger partial charge >= 0.3 is 11.8 Å². The molecule has 1 amide bonds. The summed E-state index contributed by atoms with van der Waals surface area (Å²) in [6.45, 7) is 4.28. The van der Waals surface area contributed by atoms with Crippen molar-refractivity contribution in [1.82, 2.24) is 19.4 Å². The van der Waals surface area contributed by atoms with Crippen LogP contribution in [0.5, 0.6) is 0 Å². The zero-order valence-corrected chi connectivity index (χ0v) is 15.3. The van der Waals surface area contributed by atoms with E-state index in [1.54, 1.807) is 13.0 Å². The summed E-state index contributed by atoms with van der Waals surface area (Å²) >= 11 is 6.03. The van der Waals surface area contributed by atoms with Crippen molar-refractivity contribution in [3.63, 3.8) is 0 Å². The molecule has 0 spiro atoms. The van der Waals surface area contributed by atoms with Crippen LogP contribution in [0.4, 0.5) is 0 Å². The van der Waals surface area contributed by atoms with Crippen molar-refractivity contribution < 1.29 is 17.6 Å². The summed E-state index contributed by atoms with van der Waals surface area (Å²) in [5.41, 5.74) is 0.811. The topological polar surface area (TPSA) is 96.6 Å². The van der Waals surface area contributed by atoms with E-state index in [4.69, 9.17) is 16.0 Å². The number of benzene rings is 1. The fourth-order valence-corrected chi connectivity index (χ4v) is 4.23. The number of amides is 1. The lowest BCUT2D eigenvalue weighted by molar-refractivity contribution is 0.0656. The lowest BCUT2D eigenvalue weighted by Crippen LogP contribution is -2.50. The number of aromatic nitrogens is 2. The highest BCUT2D eigenvalue weighted by Gasteiger charge is 2.32. The Bertz CT molecular complexity index is 904. The standard InChI is InChI=1S/C15H17ClN4O4S/c1-10-3-4-12(9-13(10)16)25(22,23)20-7-5-19(6-8-20)15(21)14-18-17-11(2)24-14/h3-4,9H,5-8H2,1-2H3. The number of sulfonamides is 1. The number of nitrogens with zero attached hydrogens (tertiary/aromatic N) is 4. The van der Waals surface area contributed by atoms with E-state index in [2.05, 4.69) is 10.2 Å². The van der Waals surface area contributed by atoms with Crippen molar-refractivity contribution in [1.29, 1.82) is 0 Å². The molecule has 1 aliphatic rings. The number of carbonyl (C=O) groups excluding carboxylic acids is 1. The highest BCUT2D eigenvalue weighted by atomic mass is 35.5. The molecule has 1 aliphatic heterocycles. The number of rotatable bonds is 3. The van der Waals surface area contributed by atoms with Crippen LogP contribution < -0.4 is 0 Å². The number of piperazine rings is 1. The maximum Gasteiger partial charge on any atom is 0.311 e. The number of aryl methyl sites for hydroxylation is 2. The first-order chi connectivity index (χ1) is 11.8. The molecule has 134 valence electrons. The van der Waals surface area contributed by atoms with Crippen LogP contribution in [0.3, 0.4) is 0 Å². The Morgan fingerprint density at radius 3 is 2.40 bits per heavy atom. The molecular weight excluding hydrogens is 368 g/mol. The van der Waals surface area contributed by atoms with E-state index >= 15 is 0 Å². The van der Waals surface area contributed by atoms with E-state index in [1.165, 1.54) is 21.3 Å². The third kappa shape index (κ3) is 3.53. The van der Waals surface area contributed by atoms with Crippen molar-refractivity contribution in [3.8, 4) is 0 Å². The van der Waals surface area contributed by atoms with Crippen LogP contribution in [0.2, 0.25) is 5.02 Å². The second-order valence-corrected chi connectivity index (χ2v) is 8.08. The lowest BCUT2D eigenvalue weighted by Gasteiger charge is -2.33. The van der Waals surface area contributed by atoms with Crippen LogP contribution in [0.15, 0.2) is 27.5 Å². The number of hydrogen-bond donors (Lipinski definition) is 0. The molecule has 0 N–H and O–H groups in total. The molecule has 1 aromatic heterocycles. The molecule has 10 heteroatoms. The molecule has 25 heavy (non-hydrogen) atoms. The monoisotopic (exact) mass is 384 g/mol. The van der Waals surface area contributed by atoms with Gasteiger partial charge in [0.2, 0.25) is 15.9 Å². The Morgan fingerprint density at radius 1 is 1.16 bits per heavy atom. The second kappa shape index (κ2) is 6.74. The second-order valence-electron chi connectivity index (χ2n) is 5.73. The molecule has 1 aromatic carbocycles. The Balaban J connectivity index is 1.71. The van der Waals surface area contributed by atoms with Crippen LogP contribution in [0.25, 0.3) is 0 Å². The Kier molecular flexibility index (Phi) is 4.81. The molecule has 0 unspecified atom stereocenters. The van der Waals surface area contributed by atoms with Crippen molar-refractivity contribution in [3.05, 3.63) is 40.6 Å². The zero-order chi connectivity index (χ0) is 18.2. The molecule has 3 rings (SSSR count). The third-order valence-corrected chi connectivity index (χ3v) is 6.32. The van der Waals surface area contributed by atoms with E-state index in [-0.39, 0.29) is 37.0 Å². The maximum absolute atomic E-state index is 12.7. The number of carbonyl (C=O) groups is 1. The summed E-state index contributed by atoms with van der Waals surface area (Å²) in [6.07, 6.45) is 0. The number of hydrogen-bond acceptors (Lipinski definition) is 6. The summed E-state index contributed by atoms with van der Waals surface area (Å²) < 4.78 is 31.9. The zero-order valence-electron chi connectivity index (χ0n) is 13.8. The maximum atomic E-state index is 12.7. The Hall–Kier alpha value is -1.97. The molecule has 2 aromatic rings. The van der Waals surface area contributed by atoms with Gasteiger partial charge in [-0.15, -0.1) is 10.2 Å². The van der Waals surface area contributed by atoms with Crippen LogP contribution in [-0.2, 0) is 10.0 Å². The fraction of sp³-hybridized carbons (Fsp3) is 0.400. The molecule has 1 fully saturated rings. The van der Waals surface area contributed by atoms with Gasteiger partial charge in [-0.3, -0.25) is 4.79 Å². The van der Waals surface area contributed by atoms with Crippen molar-refractivity contribution in [2.24, 2.45) is 0 Å². The van der Waals surface area contributed by atoms with Crippen LogP contribution in [-0.4, -0.2) is 59.9 Å². The largest absolute Gasteiger partial charge is 0.417 e. The lowest BCUT2D eigenvalue weighted by atomic mass is 10.2. The first-order valence-corrected chi connectivity index (χ1v) is 9.46. The van der Waals surface area contributed by atoms with E-state index < -0.39 is 15.9 Å². The molecule has 2 heterocycles. The predicted octanol–water partition coefficient (Wildman–Crippen LogP) is 1.49. The van der Waals surface area contributed by atoms with E-state index in [0.29, 0.717) is 10.9 Å². The number of halogens is 1. The van der Waals surface area contributed by atoms with E-state index in [1.807, 2.05) is 6.92 Å². The van der Waals surface area contributed by atoms with Gasteiger partial charge in [-0.05, 0) is 24.6 Å². The van der Waals surface area contributed by atoms with Gasteiger partial charge in [0.25, 0.3) is 0 Å². The molecular formula is C15H17ClN4O4S. The van der Waals surface area contributed by atoms with Crippen molar-refractivity contribution in [2.75, 3.05) is 26.2 Å². The summed E-state index contributed by atoms with van der Waals surface area (Å²) in [7, 11) is -3.65. The minimum atomic E-state index is -3.65. The van der Waals surface area contributed by atoms with Gasteiger partial charge < -0.3 is 9.32 Å². The minimum Gasteiger partial charge on any atom is -0.417 e. The van der Waals surface area contributed by atoms with Gasteiger partial charge in [0.05, 0.1) is 4.90 Å². The average Bonchev–Trinajstić information content (AvgIpc) is 3.03. The van der Waals surface area contributed by atoms with Crippen LogP contribution in [0, 0.1) is 13.8 Å². The Morgan fingerprint density at radius 2 is 1.84 bits per heavy atom. The smallest absolute Gasteiger partial charge is 0.311 e. The SMILES string of the molecule is Cc1nnc(C(=O)N2CCN(S(=O)(=O)c3ccc(C)c(Cl)c3)CC2)o1. The summed E-state index contributed by atoms with van der Waals surface area (Å²) in [5, 5.41) is 7.73. The van der Waals surface area contributed by atoms with Crippen LogP contribution >= 0.6 is 11.6 Å². The minimum absolute atomic E-state index is 0.0841. The first-order valence-electron chi connectivity index (χ1n) is 7.65. The Labute approximate surface area is 150 Å². The molecule has 0 saturated carbocycles. The van der Waals surface area contributed by atoms with Gasteiger partial charge in [-0.25, -0.2) is 8.42 Å². The molecule has 0 radical (unpaired) electrons. The first kappa shape index (κ1) is 17.8. The van der Waals surface area contributed by atoms with Crippen molar-refractivity contribution >= 4 is 27.5 Å². The van der Waals surface area contributed by atoms with E-state index in [9.17, 15) is 13.2 Å². The van der Waals surface area contributed by atoms with Gasteiger partial charge in [0, 0.05) is 38.1 Å². The highest BCUT2D eigenvalue weighted by Crippen LogP contribution is 2.23. The summed E-state index contributed by atoms with van der Waals surface area (Å²) in [6, 6.07) is 4.66. The van der Waals surface area contributed by atoms with Crippen molar-refractivity contribution in [2.45, 2.75) is 18.7 Å². The van der Waals surface area contributed by atoms with Gasteiger partial charge in [-0.2, -0.15) is 4.31 Å². The molecule has 8 nitrogen and oxygen atoms in total. The predicted molar refractivity (Wildman–Crippen MR) is 89.9 cm³/mol. The highest BCUT2D eigenvalue weighted by molar-refractivity contribution is 7.89. The van der Waals surface area contributed by atoms with Gasteiger partial charge in [0.15, 0.2) is 0 Å². The normalized spacial score (nSPS) is 16.2. The fourth-order valence-electron chi connectivity index (χ4n) is 2.53. The average molecular weight is 385 g/mol. The molecule has 0 atom stereocenters. The quantitative estimate of drug-likeness (QED) is 0.795. The van der Waals surface area contributed by atoms with E-state index in [0.717, 1.165) is 5.56 Å². The van der Waals surface area contributed by atoms with Gasteiger partial charge in [0.1, 0.15) is 0 Å². The van der Waals surface area contributed by atoms with Gasteiger partial charge in [-0.1, -0.05) is 17.7 Å². The summed E-state index contributed by atoms with van der Waals surface area (Å²) in [4.78, 5) is 13.9. The summed E-state index contributed by atoms with van der Waals surface area (Å²) in [5.74, 6) is -0.170. The molecule has 0 aliphatic carbocycles. The molecule has 0 bridgehead atoms. The molecule has 1 saturated heterocycles. The third-order valence-electron chi connectivity index (χ3n) is 4.02. The van der Waals surface area contributed by atoms with Crippen LogP contribution in [0.1, 0.15) is 22.1 Å².